The molecule has 0 unspecified atom stereocenters. The highest BCUT2D eigenvalue weighted by atomic mass is 32.1. The van der Waals surface area contributed by atoms with E-state index in [0.717, 1.165) is 23.3 Å². The van der Waals surface area contributed by atoms with Crippen LogP contribution in [0.15, 0.2) is 24.3 Å². The number of ether oxygens (including phenoxy) is 1. The lowest BCUT2D eigenvalue weighted by Crippen LogP contribution is -2.09. The van der Waals surface area contributed by atoms with Crippen molar-refractivity contribution in [3.8, 4) is 10.4 Å². The van der Waals surface area contributed by atoms with Crippen LogP contribution in [0, 0.1) is 0 Å². The number of aryl methyl sites for hydroxylation is 1. The minimum Gasteiger partial charge on any atom is -0.465 e. The summed E-state index contributed by atoms with van der Waals surface area (Å²) in [5.41, 5.74) is 10.1. The summed E-state index contributed by atoms with van der Waals surface area (Å²) in [6.07, 6.45) is 1.80. The summed E-state index contributed by atoms with van der Waals surface area (Å²) in [5, 5.41) is 0.559. The number of anilines is 1. The van der Waals surface area contributed by atoms with Crippen LogP contribution in [0.2, 0.25) is 0 Å². The SMILES string of the molecule is COC(=O)c1c(N)sc2c1CCc1ccccc1-2. The van der Waals surface area contributed by atoms with Gasteiger partial charge in [0.25, 0.3) is 0 Å². The first-order chi connectivity index (χ1) is 8.72. The Morgan fingerprint density at radius 3 is 2.89 bits per heavy atom. The van der Waals surface area contributed by atoms with Crippen LogP contribution in [0.4, 0.5) is 5.00 Å². The maximum Gasteiger partial charge on any atom is 0.341 e. The van der Waals surface area contributed by atoms with Crippen LogP contribution in [0.3, 0.4) is 0 Å². The van der Waals surface area contributed by atoms with Crippen molar-refractivity contribution in [1.82, 2.24) is 0 Å². The van der Waals surface area contributed by atoms with Gasteiger partial charge in [-0.05, 0) is 29.5 Å². The molecular weight excluding hydrogens is 246 g/mol. The lowest BCUT2D eigenvalue weighted by molar-refractivity contribution is 0.0601. The van der Waals surface area contributed by atoms with Gasteiger partial charge in [-0.2, -0.15) is 0 Å². The fourth-order valence-electron chi connectivity index (χ4n) is 2.49. The molecule has 1 aromatic carbocycles. The first-order valence-corrected chi connectivity index (χ1v) is 6.61. The van der Waals surface area contributed by atoms with Crippen LogP contribution < -0.4 is 5.73 Å². The first-order valence-electron chi connectivity index (χ1n) is 5.80. The van der Waals surface area contributed by atoms with E-state index in [4.69, 9.17) is 10.5 Å². The molecule has 0 fully saturated rings. The molecule has 0 saturated heterocycles. The number of carbonyl (C=O) groups is 1. The van der Waals surface area contributed by atoms with Crippen LogP contribution in [0.25, 0.3) is 10.4 Å². The Hall–Kier alpha value is -1.81. The maximum atomic E-state index is 11.8. The third kappa shape index (κ3) is 1.53. The zero-order valence-electron chi connectivity index (χ0n) is 10.0. The van der Waals surface area contributed by atoms with Gasteiger partial charge in [0.15, 0.2) is 0 Å². The Morgan fingerprint density at radius 2 is 2.11 bits per heavy atom. The van der Waals surface area contributed by atoms with Gasteiger partial charge in [0.1, 0.15) is 5.00 Å². The van der Waals surface area contributed by atoms with Gasteiger partial charge in [-0.1, -0.05) is 24.3 Å². The minimum atomic E-state index is -0.329. The Labute approximate surface area is 109 Å². The van der Waals surface area contributed by atoms with Gasteiger partial charge in [-0.25, -0.2) is 4.79 Å². The van der Waals surface area contributed by atoms with Gasteiger partial charge in [-0.15, -0.1) is 11.3 Å². The molecule has 18 heavy (non-hydrogen) atoms. The van der Waals surface area contributed by atoms with E-state index in [2.05, 4.69) is 12.1 Å². The molecular formula is C14H13NO2S. The molecule has 2 aromatic rings. The molecule has 0 atom stereocenters. The molecule has 0 radical (unpaired) electrons. The summed E-state index contributed by atoms with van der Waals surface area (Å²) in [4.78, 5) is 12.9. The zero-order chi connectivity index (χ0) is 12.7. The van der Waals surface area contributed by atoms with E-state index in [0.29, 0.717) is 10.6 Å². The van der Waals surface area contributed by atoms with Crippen molar-refractivity contribution in [3.05, 3.63) is 41.0 Å². The summed E-state index contributed by atoms with van der Waals surface area (Å²) >= 11 is 1.48. The van der Waals surface area contributed by atoms with Crippen molar-refractivity contribution in [2.75, 3.05) is 12.8 Å². The van der Waals surface area contributed by atoms with Gasteiger partial charge in [-0.3, -0.25) is 0 Å². The van der Waals surface area contributed by atoms with Crippen molar-refractivity contribution in [2.24, 2.45) is 0 Å². The number of hydrogen-bond acceptors (Lipinski definition) is 4. The molecule has 1 aliphatic carbocycles. The number of esters is 1. The fourth-order valence-corrected chi connectivity index (χ4v) is 3.65. The molecule has 2 N–H and O–H groups in total. The van der Waals surface area contributed by atoms with Crippen LogP contribution in [0.5, 0.6) is 0 Å². The zero-order valence-corrected chi connectivity index (χ0v) is 10.8. The standard InChI is InChI=1S/C14H13NO2S/c1-17-14(16)11-10-7-6-8-4-2-3-5-9(8)12(10)18-13(11)15/h2-5H,6-7,15H2,1H3. The molecule has 3 rings (SSSR count). The van der Waals surface area contributed by atoms with Crippen LogP contribution in [0.1, 0.15) is 21.5 Å². The van der Waals surface area contributed by atoms with E-state index in [9.17, 15) is 4.79 Å². The number of nitrogen functional groups attached to an aromatic ring is 1. The van der Waals surface area contributed by atoms with Crippen molar-refractivity contribution >= 4 is 22.3 Å². The Morgan fingerprint density at radius 1 is 1.33 bits per heavy atom. The third-order valence-electron chi connectivity index (χ3n) is 3.33. The smallest absolute Gasteiger partial charge is 0.341 e. The van der Waals surface area contributed by atoms with Crippen molar-refractivity contribution in [3.63, 3.8) is 0 Å². The summed E-state index contributed by atoms with van der Waals surface area (Å²) in [6.45, 7) is 0. The molecule has 0 saturated carbocycles. The van der Waals surface area contributed by atoms with Gasteiger partial charge >= 0.3 is 5.97 Å². The Kier molecular flexibility index (Phi) is 2.59. The Balaban J connectivity index is 2.22. The second kappa shape index (κ2) is 4.14. The van der Waals surface area contributed by atoms with E-state index in [-0.39, 0.29) is 5.97 Å². The molecule has 4 heteroatoms. The van der Waals surface area contributed by atoms with Crippen LogP contribution in [-0.2, 0) is 17.6 Å². The minimum absolute atomic E-state index is 0.329. The van der Waals surface area contributed by atoms with Crippen molar-refractivity contribution in [1.29, 1.82) is 0 Å². The van der Waals surface area contributed by atoms with Crippen molar-refractivity contribution < 1.29 is 9.53 Å². The summed E-state index contributed by atoms with van der Waals surface area (Å²) in [6, 6.07) is 8.28. The number of rotatable bonds is 1. The molecule has 0 bridgehead atoms. The fraction of sp³-hybridized carbons (Fsp3) is 0.214. The van der Waals surface area contributed by atoms with E-state index >= 15 is 0 Å². The molecule has 3 nitrogen and oxygen atoms in total. The van der Waals surface area contributed by atoms with Gasteiger partial charge < -0.3 is 10.5 Å². The molecule has 0 spiro atoms. The molecule has 0 aliphatic heterocycles. The van der Waals surface area contributed by atoms with Crippen molar-refractivity contribution in [2.45, 2.75) is 12.8 Å². The number of nitrogens with two attached hydrogens (primary N) is 1. The topological polar surface area (TPSA) is 52.3 Å². The number of thiophene rings is 1. The molecule has 92 valence electrons. The van der Waals surface area contributed by atoms with E-state index in [1.807, 2.05) is 12.1 Å². The Bertz CT molecular complexity index is 631. The third-order valence-corrected chi connectivity index (χ3v) is 4.42. The quantitative estimate of drug-likeness (QED) is 0.801. The molecule has 1 heterocycles. The van der Waals surface area contributed by atoms with E-state index in [1.54, 1.807) is 0 Å². The average molecular weight is 259 g/mol. The maximum absolute atomic E-state index is 11.8. The molecule has 1 aromatic heterocycles. The second-order valence-electron chi connectivity index (χ2n) is 4.30. The predicted octanol–water partition coefficient (Wildman–Crippen LogP) is 2.88. The van der Waals surface area contributed by atoms with E-state index in [1.165, 1.54) is 29.6 Å². The number of methoxy groups -OCH3 is 1. The number of benzene rings is 1. The number of hydrogen-bond donors (Lipinski definition) is 1. The second-order valence-corrected chi connectivity index (χ2v) is 5.35. The molecule has 1 aliphatic rings. The summed E-state index contributed by atoms with van der Waals surface area (Å²) < 4.78 is 4.82. The number of fused-ring (bicyclic) bond motifs is 3. The van der Waals surface area contributed by atoms with Crippen LogP contribution >= 0.6 is 11.3 Å². The highest BCUT2D eigenvalue weighted by molar-refractivity contribution is 7.20. The van der Waals surface area contributed by atoms with Crippen LogP contribution in [-0.4, -0.2) is 13.1 Å². The summed E-state index contributed by atoms with van der Waals surface area (Å²) in [7, 11) is 1.39. The van der Waals surface area contributed by atoms with E-state index < -0.39 is 0 Å². The van der Waals surface area contributed by atoms with Gasteiger partial charge in [0.05, 0.1) is 12.7 Å². The lowest BCUT2D eigenvalue weighted by atomic mass is 9.89. The van der Waals surface area contributed by atoms with Gasteiger partial charge in [0, 0.05) is 4.88 Å². The predicted molar refractivity (Wildman–Crippen MR) is 72.9 cm³/mol. The summed E-state index contributed by atoms with van der Waals surface area (Å²) in [5.74, 6) is -0.329. The molecule has 0 amide bonds. The highest BCUT2D eigenvalue weighted by Crippen LogP contribution is 2.43. The monoisotopic (exact) mass is 259 g/mol. The highest BCUT2D eigenvalue weighted by Gasteiger charge is 2.27. The van der Waals surface area contributed by atoms with Gasteiger partial charge in [0.2, 0.25) is 0 Å². The normalized spacial score (nSPS) is 12.7. The number of carbonyl (C=O) groups excluding carboxylic acids is 1. The largest absolute Gasteiger partial charge is 0.465 e. The average Bonchev–Trinajstić information content (AvgIpc) is 2.74. The first kappa shape index (κ1) is 11.3. The lowest BCUT2D eigenvalue weighted by Gasteiger charge is -2.16.